The van der Waals surface area contributed by atoms with Crippen molar-refractivity contribution >= 4 is 34.2 Å². The minimum absolute atomic E-state index is 0.145. The van der Waals surface area contributed by atoms with Crippen LogP contribution in [-0.4, -0.2) is 38.0 Å². The van der Waals surface area contributed by atoms with Crippen molar-refractivity contribution in [1.29, 1.82) is 0 Å². The molecule has 0 aromatic heterocycles. The maximum absolute atomic E-state index is 12.2. The largest absolute Gasteiger partial charge is 0.497 e. The summed E-state index contributed by atoms with van der Waals surface area (Å²) in [6, 6.07) is 20.3. The molecule has 0 atom stereocenters. The van der Waals surface area contributed by atoms with Crippen LogP contribution in [0.3, 0.4) is 0 Å². The van der Waals surface area contributed by atoms with Crippen molar-refractivity contribution in [2.75, 3.05) is 25.6 Å². The van der Waals surface area contributed by atoms with E-state index in [4.69, 9.17) is 9.47 Å². The summed E-state index contributed by atoms with van der Waals surface area (Å²) in [4.78, 5) is 35.9. The van der Waals surface area contributed by atoms with Crippen molar-refractivity contribution in [2.45, 2.75) is 6.42 Å². The number of amides is 2. The third-order valence-corrected chi connectivity index (χ3v) is 4.40. The topological polar surface area (TPSA) is 93.7 Å². The minimum Gasteiger partial charge on any atom is -0.497 e. The lowest BCUT2D eigenvalue weighted by molar-refractivity contribution is -0.147. The number of rotatable bonds is 8. The number of anilines is 1. The third kappa shape index (κ3) is 5.81. The van der Waals surface area contributed by atoms with Crippen molar-refractivity contribution in [3.8, 4) is 5.75 Å². The zero-order valence-corrected chi connectivity index (χ0v) is 16.5. The Bertz CT molecular complexity index is 1040. The maximum Gasteiger partial charge on any atom is 0.325 e. The molecule has 0 fully saturated rings. The Morgan fingerprint density at radius 2 is 1.60 bits per heavy atom. The highest BCUT2D eigenvalue weighted by atomic mass is 16.5. The van der Waals surface area contributed by atoms with Gasteiger partial charge in [0.25, 0.3) is 5.91 Å². The summed E-state index contributed by atoms with van der Waals surface area (Å²) in [6.45, 7) is -0.747. The third-order valence-electron chi connectivity index (χ3n) is 4.40. The molecule has 0 aliphatic carbocycles. The molecule has 154 valence electrons. The Morgan fingerprint density at radius 3 is 2.37 bits per heavy atom. The van der Waals surface area contributed by atoms with Gasteiger partial charge >= 0.3 is 5.97 Å². The maximum atomic E-state index is 12.2. The van der Waals surface area contributed by atoms with Gasteiger partial charge in [0.15, 0.2) is 6.61 Å². The molecule has 0 saturated carbocycles. The van der Waals surface area contributed by atoms with Gasteiger partial charge in [0.2, 0.25) is 5.91 Å². The first-order chi connectivity index (χ1) is 14.5. The fourth-order valence-electron chi connectivity index (χ4n) is 2.92. The molecule has 0 spiro atoms. The van der Waals surface area contributed by atoms with E-state index in [-0.39, 0.29) is 18.9 Å². The van der Waals surface area contributed by atoms with Crippen LogP contribution >= 0.6 is 0 Å². The summed E-state index contributed by atoms with van der Waals surface area (Å²) in [5, 5.41) is 7.17. The second kappa shape index (κ2) is 10.1. The molecule has 0 saturated heterocycles. The standard InChI is InChI=1S/C23H22N2O5/c1-29-19-11-9-18(10-12-19)25-22(27)15-30-23(28)14-24-21(26)13-17-7-4-6-16-5-2-3-8-20(16)17/h2-12H,13-15H2,1H3,(H,24,26)(H,25,27). The predicted octanol–water partition coefficient (Wildman–Crippen LogP) is 2.69. The van der Waals surface area contributed by atoms with E-state index < -0.39 is 18.5 Å². The smallest absolute Gasteiger partial charge is 0.325 e. The molecule has 0 heterocycles. The zero-order chi connectivity index (χ0) is 21.3. The molecule has 0 unspecified atom stereocenters. The molecule has 7 nitrogen and oxygen atoms in total. The van der Waals surface area contributed by atoms with E-state index >= 15 is 0 Å². The van der Waals surface area contributed by atoms with Gasteiger partial charge in [-0.3, -0.25) is 14.4 Å². The van der Waals surface area contributed by atoms with Gasteiger partial charge in [0, 0.05) is 5.69 Å². The Morgan fingerprint density at radius 1 is 0.867 bits per heavy atom. The van der Waals surface area contributed by atoms with Crippen molar-refractivity contribution in [1.82, 2.24) is 5.32 Å². The van der Waals surface area contributed by atoms with E-state index in [1.54, 1.807) is 31.4 Å². The monoisotopic (exact) mass is 406 g/mol. The fourth-order valence-corrected chi connectivity index (χ4v) is 2.92. The van der Waals surface area contributed by atoms with Crippen LogP contribution in [0.1, 0.15) is 5.56 Å². The van der Waals surface area contributed by atoms with Gasteiger partial charge in [-0.25, -0.2) is 0 Å². The number of esters is 1. The number of nitrogens with one attached hydrogen (secondary N) is 2. The molecule has 0 aliphatic rings. The van der Waals surface area contributed by atoms with Gasteiger partial charge in [-0.2, -0.15) is 0 Å². The number of benzene rings is 3. The minimum atomic E-state index is -0.689. The molecule has 3 rings (SSSR count). The van der Waals surface area contributed by atoms with Gasteiger partial charge < -0.3 is 20.1 Å². The van der Waals surface area contributed by atoms with Crippen LogP contribution in [0, 0.1) is 0 Å². The number of fused-ring (bicyclic) bond motifs is 1. The van der Waals surface area contributed by atoms with Gasteiger partial charge in [-0.1, -0.05) is 42.5 Å². The summed E-state index contributed by atoms with van der Waals surface area (Å²) in [5.74, 6) is -0.800. The summed E-state index contributed by atoms with van der Waals surface area (Å²) in [5.41, 5.74) is 1.43. The fraction of sp³-hybridized carbons (Fsp3) is 0.174. The lowest BCUT2D eigenvalue weighted by atomic mass is 10.0. The first kappa shape index (κ1) is 20.9. The lowest BCUT2D eigenvalue weighted by Gasteiger charge is -2.09. The molecule has 2 amide bonds. The first-order valence-corrected chi connectivity index (χ1v) is 9.38. The van der Waals surface area contributed by atoms with Crippen LogP contribution in [0.2, 0.25) is 0 Å². The van der Waals surface area contributed by atoms with E-state index in [1.165, 1.54) is 0 Å². The van der Waals surface area contributed by atoms with Gasteiger partial charge in [0.1, 0.15) is 12.3 Å². The molecule has 3 aromatic rings. The van der Waals surface area contributed by atoms with E-state index in [0.29, 0.717) is 11.4 Å². The van der Waals surface area contributed by atoms with Crippen LogP contribution in [0.15, 0.2) is 66.7 Å². The molecule has 0 aliphatic heterocycles. The second-order valence-corrected chi connectivity index (χ2v) is 6.53. The van der Waals surface area contributed by atoms with Crippen LogP contribution in [-0.2, 0) is 25.5 Å². The Labute approximate surface area is 174 Å². The molecule has 0 bridgehead atoms. The Balaban J connectivity index is 1.41. The van der Waals surface area contributed by atoms with Crippen molar-refractivity contribution in [2.24, 2.45) is 0 Å². The summed E-state index contributed by atoms with van der Waals surface area (Å²) >= 11 is 0. The molecule has 0 radical (unpaired) electrons. The van der Waals surface area contributed by atoms with Crippen LogP contribution in [0.25, 0.3) is 10.8 Å². The number of ether oxygens (including phenoxy) is 2. The van der Waals surface area contributed by atoms with Crippen LogP contribution in [0.4, 0.5) is 5.69 Å². The van der Waals surface area contributed by atoms with Gasteiger partial charge in [0.05, 0.1) is 13.5 Å². The SMILES string of the molecule is COc1ccc(NC(=O)COC(=O)CNC(=O)Cc2cccc3ccccc23)cc1. The summed E-state index contributed by atoms with van der Waals surface area (Å²) in [6.07, 6.45) is 0.145. The quantitative estimate of drug-likeness (QED) is 0.561. The number of hydrogen-bond acceptors (Lipinski definition) is 5. The van der Waals surface area contributed by atoms with Gasteiger partial charge in [-0.15, -0.1) is 0 Å². The van der Waals surface area contributed by atoms with E-state index in [1.807, 2.05) is 42.5 Å². The van der Waals surface area contributed by atoms with Crippen molar-refractivity contribution in [3.05, 3.63) is 72.3 Å². The first-order valence-electron chi connectivity index (χ1n) is 9.38. The lowest BCUT2D eigenvalue weighted by Crippen LogP contribution is -2.33. The number of carbonyl (C=O) groups is 3. The Kier molecular flexibility index (Phi) is 7.00. The highest BCUT2D eigenvalue weighted by molar-refractivity contribution is 5.93. The Hall–Kier alpha value is -3.87. The molecule has 30 heavy (non-hydrogen) atoms. The summed E-state index contributed by atoms with van der Waals surface area (Å²) in [7, 11) is 1.55. The highest BCUT2D eigenvalue weighted by Crippen LogP contribution is 2.18. The highest BCUT2D eigenvalue weighted by Gasteiger charge is 2.11. The average molecular weight is 406 g/mol. The number of hydrogen-bond donors (Lipinski definition) is 2. The summed E-state index contributed by atoms with van der Waals surface area (Å²) < 4.78 is 9.94. The molecule has 3 aromatic carbocycles. The second-order valence-electron chi connectivity index (χ2n) is 6.53. The molecular weight excluding hydrogens is 384 g/mol. The van der Waals surface area contributed by atoms with Crippen LogP contribution < -0.4 is 15.4 Å². The van der Waals surface area contributed by atoms with E-state index in [2.05, 4.69) is 10.6 Å². The normalized spacial score (nSPS) is 10.3. The predicted molar refractivity (Wildman–Crippen MR) is 113 cm³/mol. The van der Waals surface area contributed by atoms with E-state index in [9.17, 15) is 14.4 Å². The van der Waals surface area contributed by atoms with Crippen molar-refractivity contribution in [3.63, 3.8) is 0 Å². The molecule has 7 heteroatoms. The van der Waals surface area contributed by atoms with E-state index in [0.717, 1.165) is 16.3 Å². The number of carbonyl (C=O) groups excluding carboxylic acids is 3. The average Bonchev–Trinajstić information content (AvgIpc) is 2.77. The molecular formula is C23H22N2O5. The van der Waals surface area contributed by atoms with Gasteiger partial charge in [-0.05, 0) is 40.6 Å². The van der Waals surface area contributed by atoms with Crippen LogP contribution in [0.5, 0.6) is 5.75 Å². The molecule has 2 N–H and O–H groups in total. The number of methoxy groups -OCH3 is 1. The van der Waals surface area contributed by atoms with Crippen molar-refractivity contribution < 1.29 is 23.9 Å². The zero-order valence-electron chi connectivity index (χ0n) is 16.5.